The number of hydrogen-bond acceptors (Lipinski definition) is 2. The van der Waals surface area contributed by atoms with Gasteiger partial charge in [0.05, 0.1) is 11.3 Å². The first kappa shape index (κ1) is 11.3. The van der Waals surface area contributed by atoms with Gasteiger partial charge < -0.3 is 4.57 Å². The topological polar surface area (TPSA) is 41.6 Å². The Labute approximate surface area is 99.1 Å². The Hall–Kier alpha value is -2.15. The fourth-order valence-corrected chi connectivity index (χ4v) is 1.77. The van der Waals surface area contributed by atoms with Crippen molar-refractivity contribution in [1.29, 1.82) is 5.26 Å². The van der Waals surface area contributed by atoms with E-state index in [-0.39, 0.29) is 0 Å². The number of hydrogen-bond donors (Lipinski definition) is 0. The zero-order valence-corrected chi connectivity index (χ0v) is 9.52. The van der Waals surface area contributed by atoms with Crippen LogP contribution in [0.15, 0.2) is 30.6 Å². The second kappa shape index (κ2) is 4.79. The van der Waals surface area contributed by atoms with Gasteiger partial charge in [0.2, 0.25) is 0 Å². The van der Waals surface area contributed by atoms with Crippen molar-refractivity contribution in [3.63, 3.8) is 0 Å². The lowest BCUT2D eigenvalue weighted by Gasteiger charge is -2.08. The molecule has 0 aliphatic rings. The smallest absolute Gasteiger partial charge is 0.124 e. The second-order valence-corrected chi connectivity index (χ2v) is 3.74. The lowest BCUT2D eigenvalue weighted by molar-refractivity contribution is 0.626. The Morgan fingerprint density at radius 2 is 2.29 bits per heavy atom. The SMILES string of the molecule is CCCc1nccn1-c1ccc(F)cc1C#N. The zero-order valence-electron chi connectivity index (χ0n) is 9.52. The first-order valence-electron chi connectivity index (χ1n) is 5.48. The third-order valence-electron chi connectivity index (χ3n) is 2.53. The van der Waals surface area contributed by atoms with Gasteiger partial charge in [0.25, 0.3) is 0 Å². The molecule has 1 aromatic heterocycles. The van der Waals surface area contributed by atoms with Crippen molar-refractivity contribution in [2.75, 3.05) is 0 Å². The Kier molecular flexibility index (Phi) is 3.20. The highest BCUT2D eigenvalue weighted by atomic mass is 19.1. The number of nitrogens with zero attached hydrogens (tertiary/aromatic N) is 3. The predicted octanol–water partition coefficient (Wildman–Crippen LogP) is 2.84. The third kappa shape index (κ3) is 2.18. The van der Waals surface area contributed by atoms with Crippen molar-refractivity contribution >= 4 is 0 Å². The first-order chi connectivity index (χ1) is 8.26. The minimum absolute atomic E-state index is 0.320. The number of imidazole rings is 1. The average molecular weight is 229 g/mol. The molecule has 0 aliphatic heterocycles. The summed E-state index contributed by atoms with van der Waals surface area (Å²) in [6.45, 7) is 2.06. The normalized spacial score (nSPS) is 10.2. The van der Waals surface area contributed by atoms with E-state index in [1.165, 1.54) is 12.1 Å². The summed E-state index contributed by atoms with van der Waals surface area (Å²) in [6, 6.07) is 6.21. The Morgan fingerprint density at radius 3 is 3.00 bits per heavy atom. The molecule has 0 bridgehead atoms. The number of nitriles is 1. The molecule has 17 heavy (non-hydrogen) atoms. The van der Waals surface area contributed by atoms with Crippen LogP contribution < -0.4 is 0 Å². The Bertz CT molecular complexity index is 566. The average Bonchev–Trinajstić information content (AvgIpc) is 2.77. The van der Waals surface area contributed by atoms with Crippen LogP contribution in [0.25, 0.3) is 5.69 Å². The molecule has 0 spiro atoms. The molecule has 0 fully saturated rings. The summed E-state index contributed by atoms with van der Waals surface area (Å²) in [5.74, 6) is 0.484. The van der Waals surface area contributed by atoms with Crippen LogP contribution in [-0.2, 0) is 6.42 Å². The molecule has 0 saturated carbocycles. The van der Waals surface area contributed by atoms with Crippen LogP contribution in [0.3, 0.4) is 0 Å². The molecule has 0 amide bonds. The number of halogens is 1. The van der Waals surface area contributed by atoms with Gasteiger partial charge in [-0.25, -0.2) is 9.37 Å². The molecule has 86 valence electrons. The van der Waals surface area contributed by atoms with Crippen molar-refractivity contribution < 1.29 is 4.39 Å². The van der Waals surface area contributed by atoms with E-state index in [1.54, 1.807) is 18.5 Å². The quantitative estimate of drug-likeness (QED) is 0.812. The lowest BCUT2D eigenvalue weighted by Crippen LogP contribution is -2.02. The van der Waals surface area contributed by atoms with Crippen LogP contribution in [0.1, 0.15) is 24.7 Å². The van der Waals surface area contributed by atoms with E-state index in [1.807, 2.05) is 10.6 Å². The molecular weight excluding hydrogens is 217 g/mol. The predicted molar refractivity (Wildman–Crippen MR) is 62.2 cm³/mol. The van der Waals surface area contributed by atoms with Crippen LogP contribution in [0.4, 0.5) is 4.39 Å². The maximum Gasteiger partial charge on any atom is 0.124 e. The second-order valence-electron chi connectivity index (χ2n) is 3.74. The van der Waals surface area contributed by atoms with Gasteiger partial charge in [-0.3, -0.25) is 0 Å². The summed E-state index contributed by atoms with van der Waals surface area (Å²) < 4.78 is 14.9. The van der Waals surface area contributed by atoms with Crippen molar-refractivity contribution in [2.45, 2.75) is 19.8 Å². The van der Waals surface area contributed by atoms with Crippen molar-refractivity contribution in [1.82, 2.24) is 9.55 Å². The molecule has 0 saturated heterocycles. The first-order valence-corrected chi connectivity index (χ1v) is 5.48. The number of rotatable bonds is 3. The molecule has 0 unspecified atom stereocenters. The monoisotopic (exact) mass is 229 g/mol. The van der Waals surface area contributed by atoms with Gasteiger partial charge in [-0.15, -0.1) is 0 Å². The molecule has 2 rings (SSSR count). The minimum Gasteiger partial charge on any atom is -0.302 e. The molecule has 4 heteroatoms. The van der Waals surface area contributed by atoms with Crippen LogP contribution >= 0.6 is 0 Å². The fourth-order valence-electron chi connectivity index (χ4n) is 1.77. The van der Waals surface area contributed by atoms with Gasteiger partial charge in [-0.05, 0) is 24.6 Å². The highest BCUT2D eigenvalue weighted by Gasteiger charge is 2.09. The molecule has 1 aromatic carbocycles. The summed E-state index contributed by atoms with van der Waals surface area (Å²) in [6.07, 6.45) is 5.28. The molecule has 0 N–H and O–H groups in total. The zero-order chi connectivity index (χ0) is 12.3. The summed E-state index contributed by atoms with van der Waals surface area (Å²) in [4.78, 5) is 4.24. The van der Waals surface area contributed by atoms with E-state index in [2.05, 4.69) is 11.9 Å². The molecule has 3 nitrogen and oxygen atoms in total. The summed E-state index contributed by atoms with van der Waals surface area (Å²) >= 11 is 0. The standard InChI is InChI=1S/C13H12FN3/c1-2-3-13-16-6-7-17(13)12-5-4-11(14)8-10(12)9-15/h4-8H,2-3H2,1H3. The molecule has 0 radical (unpaired) electrons. The largest absolute Gasteiger partial charge is 0.302 e. The van der Waals surface area contributed by atoms with Gasteiger partial charge in [0, 0.05) is 18.8 Å². The van der Waals surface area contributed by atoms with Gasteiger partial charge >= 0.3 is 0 Å². The van der Waals surface area contributed by atoms with E-state index in [9.17, 15) is 4.39 Å². The highest BCUT2D eigenvalue weighted by Crippen LogP contribution is 2.17. The maximum atomic E-state index is 13.0. The molecule has 1 heterocycles. The van der Waals surface area contributed by atoms with E-state index >= 15 is 0 Å². The Balaban J connectivity index is 2.53. The number of aromatic nitrogens is 2. The lowest BCUT2D eigenvalue weighted by atomic mass is 10.2. The summed E-state index contributed by atoms with van der Waals surface area (Å²) in [5.41, 5.74) is 0.996. The van der Waals surface area contributed by atoms with Crippen LogP contribution in [0.5, 0.6) is 0 Å². The van der Waals surface area contributed by atoms with E-state index in [0.717, 1.165) is 18.7 Å². The van der Waals surface area contributed by atoms with E-state index < -0.39 is 5.82 Å². The van der Waals surface area contributed by atoms with Crippen LogP contribution in [0, 0.1) is 17.1 Å². The van der Waals surface area contributed by atoms with Gasteiger partial charge in [-0.2, -0.15) is 5.26 Å². The van der Waals surface area contributed by atoms with E-state index in [4.69, 9.17) is 5.26 Å². The maximum absolute atomic E-state index is 13.0. The molecule has 0 aliphatic carbocycles. The van der Waals surface area contributed by atoms with Gasteiger partial charge in [0.15, 0.2) is 0 Å². The van der Waals surface area contributed by atoms with E-state index in [0.29, 0.717) is 11.3 Å². The van der Waals surface area contributed by atoms with Crippen molar-refractivity contribution in [3.8, 4) is 11.8 Å². The van der Waals surface area contributed by atoms with Gasteiger partial charge in [-0.1, -0.05) is 6.92 Å². The fraction of sp³-hybridized carbons (Fsp3) is 0.231. The Morgan fingerprint density at radius 1 is 1.47 bits per heavy atom. The van der Waals surface area contributed by atoms with Crippen molar-refractivity contribution in [3.05, 3.63) is 47.8 Å². The highest BCUT2D eigenvalue weighted by molar-refractivity contribution is 5.49. The third-order valence-corrected chi connectivity index (χ3v) is 2.53. The van der Waals surface area contributed by atoms with Crippen LogP contribution in [0.2, 0.25) is 0 Å². The number of benzene rings is 1. The van der Waals surface area contributed by atoms with Gasteiger partial charge in [0.1, 0.15) is 17.7 Å². The summed E-state index contributed by atoms with van der Waals surface area (Å²) in [7, 11) is 0. The van der Waals surface area contributed by atoms with Crippen molar-refractivity contribution in [2.24, 2.45) is 0 Å². The van der Waals surface area contributed by atoms with Crippen LogP contribution in [-0.4, -0.2) is 9.55 Å². The molecule has 0 atom stereocenters. The molecule has 2 aromatic rings. The minimum atomic E-state index is -0.401. The molecular formula is C13H12FN3. The summed E-state index contributed by atoms with van der Waals surface area (Å²) in [5, 5.41) is 9.01. The number of aryl methyl sites for hydroxylation is 1.